The number of carboxylic acids is 2. The topological polar surface area (TPSA) is 217 Å². The van der Waals surface area contributed by atoms with Crippen molar-refractivity contribution in [3.63, 3.8) is 0 Å². The molecule has 2 aromatic rings. The number of aliphatic carboxylic acids is 2. The van der Waals surface area contributed by atoms with Gasteiger partial charge in [-0.3, -0.25) is 33.6 Å². The SMILES string of the molecule is CC(C)[C@H](NC(=O)[C@H](Cc1ccc(F)c(F)c1)NC(=O)C(CC(=O)O)NC(=O)C(F)(F)F)C(=O)N[C@@H](CC(=O)O)C(=O)COc1c(F)c(F)cc(F)c1F. The lowest BCUT2D eigenvalue weighted by molar-refractivity contribution is -0.175. The second kappa shape index (κ2) is 18.7. The van der Waals surface area contributed by atoms with E-state index in [1.54, 1.807) is 0 Å². The molecule has 4 atom stereocenters. The second-order valence-corrected chi connectivity index (χ2v) is 11.6. The first kappa shape index (κ1) is 44.3. The summed E-state index contributed by atoms with van der Waals surface area (Å²) in [4.78, 5) is 86.7. The summed E-state index contributed by atoms with van der Waals surface area (Å²) in [5.74, 6) is -25.6. The molecule has 6 N–H and O–H groups in total. The van der Waals surface area contributed by atoms with Crippen molar-refractivity contribution in [2.45, 2.75) is 63.5 Å². The van der Waals surface area contributed by atoms with Gasteiger partial charge < -0.3 is 36.2 Å². The summed E-state index contributed by atoms with van der Waals surface area (Å²) in [5, 5.41) is 25.4. The summed E-state index contributed by atoms with van der Waals surface area (Å²) in [6.07, 6.45) is -9.06. The Balaban J connectivity index is 2.39. The number of hydrogen-bond donors (Lipinski definition) is 6. The van der Waals surface area contributed by atoms with E-state index >= 15 is 0 Å². The molecule has 54 heavy (non-hydrogen) atoms. The van der Waals surface area contributed by atoms with E-state index in [-0.39, 0.29) is 11.6 Å². The van der Waals surface area contributed by atoms with E-state index in [1.807, 2.05) is 10.6 Å². The van der Waals surface area contributed by atoms with Crippen LogP contribution < -0.4 is 26.0 Å². The van der Waals surface area contributed by atoms with Crippen LogP contribution in [0.4, 0.5) is 39.5 Å². The third-order valence-electron chi connectivity index (χ3n) is 7.08. The third-order valence-corrected chi connectivity index (χ3v) is 7.08. The van der Waals surface area contributed by atoms with Gasteiger partial charge in [-0.25, -0.2) is 17.6 Å². The van der Waals surface area contributed by atoms with Gasteiger partial charge in [-0.1, -0.05) is 19.9 Å². The number of ketones is 1. The smallest absolute Gasteiger partial charge is 0.471 e. The molecular weight excluding hydrogens is 759 g/mol. The number of amides is 4. The van der Waals surface area contributed by atoms with Crippen LogP contribution in [0.15, 0.2) is 24.3 Å². The standard InChI is InChI=1S/C31H29F9N4O10/c1-11(2)25(29(52)41-17(8-21(46)47)20(45)10-54-26-23(36)15(34)7-16(35)24(26)37)44-28(51)18(6-12-3-4-13(32)14(33)5-12)42-27(50)19(9-22(48)49)43-30(53)31(38,39)40/h3-5,7,11,17-19,25H,6,8-10H2,1-2H3,(H,41,52)(H,42,50)(H,43,53)(H,44,51)(H,46,47)(H,48,49)/t17-,18-,19?,25-/m0/s1. The van der Waals surface area contributed by atoms with Crippen molar-refractivity contribution in [3.05, 3.63) is 64.7 Å². The van der Waals surface area contributed by atoms with Crippen molar-refractivity contribution in [2.24, 2.45) is 5.92 Å². The number of rotatable bonds is 18. The molecule has 0 aliphatic rings. The molecule has 0 saturated carbocycles. The average molecular weight is 789 g/mol. The number of carbonyl (C=O) groups is 7. The number of carboxylic acid groups (broad SMARTS) is 2. The van der Waals surface area contributed by atoms with Gasteiger partial charge in [0.15, 0.2) is 34.8 Å². The number of Topliss-reactive ketones (excluding diaryl/α,β-unsaturated/α-hetero) is 1. The van der Waals surface area contributed by atoms with Crippen molar-refractivity contribution < 1.29 is 88.0 Å². The molecule has 23 heteroatoms. The average Bonchev–Trinajstić information content (AvgIpc) is 3.05. The molecular formula is C31H29F9N4O10. The Labute approximate surface area is 297 Å². The van der Waals surface area contributed by atoms with Crippen LogP contribution in [-0.4, -0.2) is 88.5 Å². The number of carbonyl (C=O) groups excluding carboxylic acids is 5. The van der Waals surface area contributed by atoms with Crippen LogP contribution in [0, 0.1) is 40.8 Å². The van der Waals surface area contributed by atoms with Gasteiger partial charge in [0.25, 0.3) is 0 Å². The maximum atomic E-state index is 14.0. The van der Waals surface area contributed by atoms with Crippen molar-refractivity contribution >= 4 is 41.4 Å². The highest BCUT2D eigenvalue weighted by molar-refractivity contribution is 5.98. The second-order valence-electron chi connectivity index (χ2n) is 11.6. The first-order chi connectivity index (χ1) is 24.9. The number of halogens is 9. The quantitative estimate of drug-likeness (QED) is 0.0952. The highest BCUT2D eigenvalue weighted by atomic mass is 19.4. The van der Waals surface area contributed by atoms with Crippen LogP contribution in [0.1, 0.15) is 32.3 Å². The minimum Gasteiger partial charge on any atom is -0.481 e. The first-order valence-electron chi connectivity index (χ1n) is 15.1. The first-order valence-corrected chi connectivity index (χ1v) is 15.1. The van der Waals surface area contributed by atoms with E-state index in [9.17, 15) is 78.2 Å². The molecule has 2 aromatic carbocycles. The molecule has 0 fully saturated rings. The monoisotopic (exact) mass is 788 g/mol. The lowest BCUT2D eigenvalue weighted by Crippen LogP contribution is -2.60. The van der Waals surface area contributed by atoms with Gasteiger partial charge in [-0.2, -0.15) is 22.0 Å². The van der Waals surface area contributed by atoms with Gasteiger partial charge in [0.1, 0.15) is 30.8 Å². The maximum Gasteiger partial charge on any atom is 0.471 e. The zero-order valence-corrected chi connectivity index (χ0v) is 27.6. The third kappa shape index (κ3) is 12.6. The van der Waals surface area contributed by atoms with Gasteiger partial charge in [0.05, 0.1) is 12.8 Å². The predicted molar refractivity (Wildman–Crippen MR) is 160 cm³/mol. The van der Waals surface area contributed by atoms with Crippen LogP contribution >= 0.6 is 0 Å². The van der Waals surface area contributed by atoms with Gasteiger partial charge in [-0.15, -0.1) is 0 Å². The van der Waals surface area contributed by atoms with Crippen LogP contribution in [0.5, 0.6) is 5.75 Å². The Kier molecular flexibility index (Phi) is 15.4. The molecule has 0 radical (unpaired) electrons. The summed E-state index contributed by atoms with van der Waals surface area (Å²) in [7, 11) is 0. The summed E-state index contributed by atoms with van der Waals surface area (Å²) >= 11 is 0. The molecule has 0 aromatic heterocycles. The fourth-order valence-corrected chi connectivity index (χ4v) is 4.40. The highest BCUT2D eigenvalue weighted by Gasteiger charge is 2.42. The Morgan fingerprint density at radius 3 is 1.69 bits per heavy atom. The predicted octanol–water partition coefficient (Wildman–Crippen LogP) is 1.82. The number of alkyl halides is 3. The van der Waals surface area contributed by atoms with Crippen molar-refractivity contribution in [3.8, 4) is 5.75 Å². The minimum absolute atomic E-state index is 0.165. The molecule has 0 heterocycles. The molecule has 2 rings (SSSR count). The van der Waals surface area contributed by atoms with Gasteiger partial charge >= 0.3 is 24.0 Å². The van der Waals surface area contributed by atoms with Gasteiger partial charge in [0, 0.05) is 12.5 Å². The lowest BCUT2D eigenvalue weighted by Gasteiger charge is -2.28. The molecule has 296 valence electrons. The van der Waals surface area contributed by atoms with Crippen LogP contribution in [-0.2, 0) is 40.0 Å². The zero-order valence-electron chi connectivity index (χ0n) is 27.6. The highest BCUT2D eigenvalue weighted by Crippen LogP contribution is 2.26. The Bertz CT molecular complexity index is 1770. The number of ether oxygens (including phenoxy) is 1. The molecule has 0 aliphatic carbocycles. The maximum absolute atomic E-state index is 14.0. The summed E-state index contributed by atoms with van der Waals surface area (Å²) < 4.78 is 126. The summed E-state index contributed by atoms with van der Waals surface area (Å²) in [5.41, 5.74) is -0.243. The van der Waals surface area contributed by atoms with Crippen molar-refractivity contribution in [1.82, 2.24) is 21.3 Å². The van der Waals surface area contributed by atoms with E-state index in [2.05, 4.69) is 10.1 Å². The van der Waals surface area contributed by atoms with E-state index in [0.717, 1.165) is 11.4 Å². The van der Waals surface area contributed by atoms with Crippen LogP contribution in [0.2, 0.25) is 0 Å². The fourth-order valence-electron chi connectivity index (χ4n) is 4.40. The number of hydrogen-bond acceptors (Lipinski definition) is 8. The van der Waals surface area contributed by atoms with Gasteiger partial charge in [0.2, 0.25) is 29.4 Å². The largest absolute Gasteiger partial charge is 0.481 e. The molecule has 0 spiro atoms. The number of nitrogens with one attached hydrogen (secondary N) is 4. The molecule has 1 unspecified atom stereocenters. The molecule has 0 bridgehead atoms. The summed E-state index contributed by atoms with van der Waals surface area (Å²) in [6.45, 7) is 1.10. The van der Waals surface area contributed by atoms with E-state index in [4.69, 9.17) is 5.11 Å². The Morgan fingerprint density at radius 2 is 1.19 bits per heavy atom. The van der Waals surface area contributed by atoms with E-state index < -0.39 is 144 Å². The fraction of sp³-hybridized carbons (Fsp3) is 0.387. The minimum atomic E-state index is -5.59. The van der Waals surface area contributed by atoms with Gasteiger partial charge in [-0.05, 0) is 23.6 Å². The zero-order chi connectivity index (χ0) is 41.2. The van der Waals surface area contributed by atoms with E-state index in [1.165, 1.54) is 13.8 Å². The van der Waals surface area contributed by atoms with E-state index in [0.29, 0.717) is 12.1 Å². The van der Waals surface area contributed by atoms with Crippen molar-refractivity contribution in [2.75, 3.05) is 6.61 Å². The van der Waals surface area contributed by atoms with Crippen LogP contribution in [0.25, 0.3) is 0 Å². The lowest BCUT2D eigenvalue weighted by atomic mass is 9.99. The number of benzene rings is 2. The normalized spacial score (nSPS) is 13.6. The molecule has 0 aliphatic heterocycles. The molecule has 14 nitrogen and oxygen atoms in total. The van der Waals surface area contributed by atoms with Crippen molar-refractivity contribution in [1.29, 1.82) is 0 Å². The Morgan fingerprint density at radius 1 is 0.667 bits per heavy atom. The molecule has 0 saturated heterocycles. The van der Waals surface area contributed by atoms with Crippen LogP contribution in [0.3, 0.4) is 0 Å². The molecule has 4 amide bonds. The Hall–Kier alpha value is -5.90. The summed E-state index contributed by atoms with van der Waals surface area (Å²) in [6, 6.07) is -6.50.